The lowest BCUT2D eigenvalue weighted by Crippen LogP contribution is -2.36. The maximum atomic E-state index is 6.58. The Balaban J connectivity index is 1.87. The van der Waals surface area contributed by atoms with Crippen molar-refractivity contribution in [3.63, 3.8) is 0 Å². The minimum absolute atomic E-state index is 0.337. The summed E-state index contributed by atoms with van der Waals surface area (Å²) < 4.78 is 0. The molecule has 0 saturated carbocycles. The van der Waals surface area contributed by atoms with Crippen LogP contribution in [0.3, 0.4) is 0 Å². The van der Waals surface area contributed by atoms with Crippen LogP contribution in [-0.2, 0) is 5.41 Å². The Morgan fingerprint density at radius 1 is 0.481 bits per heavy atom. The molecule has 0 bridgehead atoms. The summed E-state index contributed by atoms with van der Waals surface area (Å²) in [5.41, 5.74) is 9.54. The highest BCUT2D eigenvalue weighted by atomic mass is 15.1. The van der Waals surface area contributed by atoms with E-state index in [0.29, 0.717) is 0 Å². The Morgan fingerprint density at radius 3 is 1.33 bits per heavy atom. The Bertz CT molecular complexity index is 1120. The average molecular weight is 341 g/mol. The first-order chi connectivity index (χ1) is 13.3. The summed E-state index contributed by atoms with van der Waals surface area (Å²) in [6.07, 6.45) is 0. The third-order valence-electron chi connectivity index (χ3n) is 6.09. The molecular formula is C25H16BN. The van der Waals surface area contributed by atoms with E-state index in [4.69, 9.17) is 7.98 Å². The lowest BCUT2D eigenvalue weighted by atomic mass is 9.64. The molecule has 1 heterocycles. The van der Waals surface area contributed by atoms with Crippen molar-refractivity contribution in [3.8, 4) is 11.1 Å². The maximum absolute atomic E-state index is 6.58. The highest BCUT2D eigenvalue weighted by Gasteiger charge is 2.50. The topological polar surface area (TPSA) is 3.24 Å². The van der Waals surface area contributed by atoms with Gasteiger partial charge in [-0.3, -0.25) is 0 Å². The van der Waals surface area contributed by atoms with Crippen molar-refractivity contribution in [2.75, 3.05) is 4.81 Å². The SMILES string of the molecule is [B]N1c2ccccc2C2(c3ccccc3-c3ccccc32)c2ccccc21. The Morgan fingerprint density at radius 2 is 0.852 bits per heavy atom. The number of rotatable bonds is 0. The number of hydrogen-bond donors (Lipinski definition) is 0. The predicted octanol–water partition coefficient (Wildman–Crippen LogP) is 5.58. The van der Waals surface area contributed by atoms with Crippen LogP contribution < -0.4 is 4.81 Å². The van der Waals surface area contributed by atoms with E-state index in [2.05, 4.69) is 97.1 Å². The average Bonchev–Trinajstić information content (AvgIpc) is 3.04. The third kappa shape index (κ3) is 1.66. The minimum atomic E-state index is -0.337. The molecule has 1 aliphatic carbocycles. The minimum Gasteiger partial charge on any atom is -0.397 e. The zero-order valence-corrected chi connectivity index (χ0v) is 14.8. The summed E-state index contributed by atoms with van der Waals surface area (Å²) in [6, 6.07) is 34.6. The number of anilines is 2. The van der Waals surface area contributed by atoms with Crippen LogP contribution in [0.2, 0.25) is 0 Å². The molecule has 4 aromatic carbocycles. The molecule has 6 rings (SSSR count). The maximum Gasteiger partial charge on any atom is 0.234 e. The molecule has 1 spiro atoms. The lowest BCUT2D eigenvalue weighted by molar-refractivity contribution is 0.757. The van der Waals surface area contributed by atoms with Crippen LogP contribution in [0.1, 0.15) is 22.3 Å². The molecule has 124 valence electrons. The number of benzene rings is 4. The van der Waals surface area contributed by atoms with E-state index in [1.165, 1.54) is 33.4 Å². The molecule has 2 heteroatoms. The van der Waals surface area contributed by atoms with E-state index in [9.17, 15) is 0 Å². The molecule has 0 unspecified atom stereocenters. The normalized spacial score (nSPS) is 15.0. The highest BCUT2D eigenvalue weighted by Crippen LogP contribution is 2.61. The van der Waals surface area contributed by atoms with Gasteiger partial charge in [0.05, 0.1) is 5.41 Å². The van der Waals surface area contributed by atoms with E-state index in [0.717, 1.165) is 11.4 Å². The molecular weight excluding hydrogens is 325 g/mol. The Kier molecular flexibility index (Phi) is 2.83. The van der Waals surface area contributed by atoms with Gasteiger partial charge in [-0.15, -0.1) is 0 Å². The van der Waals surface area contributed by atoms with Crippen molar-refractivity contribution < 1.29 is 0 Å². The lowest BCUT2D eigenvalue weighted by Gasteiger charge is -2.44. The van der Waals surface area contributed by atoms with Crippen LogP contribution in [0.25, 0.3) is 11.1 Å². The van der Waals surface area contributed by atoms with Gasteiger partial charge in [0.1, 0.15) is 0 Å². The molecule has 0 fully saturated rings. The van der Waals surface area contributed by atoms with Gasteiger partial charge in [-0.05, 0) is 45.5 Å². The van der Waals surface area contributed by atoms with Crippen LogP contribution >= 0.6 is 0 Å². The van der Waals surface area contributed by atoms with Crippen LogP contribution in [-0.4, -0.2) is 7.98 Å². The van der Waals surface area contributed by atoms with Gasteiger partial charge in [-0.1, -0.05) is 84.9 Å². The van der Waals surface area contributed by atoms with Gasteiger partial charge in [0.25, 0.3) is 0 Å². The fourth-order valence-electron chi connectivity index (χ4n) is 5.09. The molecule has 0 amide bonds. The Hall–Kier alpha value is -3.26. The fourth-order valence-corrected chi connectivity index (χ4v) is 5.09. The fraction of sp³-hybridized carbons (Fsp3) is 0.0400. The second-order valence-corrected chi connectivity index (χ2v) is 7.25. The van der Waals surface area contributed by atoms with Crippen LogP contribution in [0.4, 0.5) is 11.4 Å². The molecule has 1 aliphatic heterocycles. The molecule has 0 aromatic heterocycles. The van der Waals surface area contributed by atoms with E-state index in [1.54, 1.807) is 0 Å². The quantitative estimate of drug-likeness (QED) is 0.332. The van der Waals surface area contributed by atoms with Gasteiger partial charge in [-0.2, -0.15) is 0 Å². The second-order valence-electron chi connectivity index (χ2n) is 7.25. The zero-order valence-electron chi connectivity index (χ0n) is 14.8. The summed E-state index contributed by atoms with van der Waals surface area (Å²) in [5, 5.41) is 0. The molecule has 4 aromatic rings. The largest absolute Gasteiger partial charge is 0.397 e. The molecule has 27 heavy (non-hydrogen) atoms. The molecule has 0 atom stereocenters. The summed E-state index contributed by atoms with van der Waals surface area (Å²) in [6.45, 7) is 0. The zero-order chi connectivity index (χ0) is 18.0. The van der Waals surface area contributed by atoms with Crippen molar-refractivity contribution >= 4 is 19.4 Å². The molecule has 2 aliphatic rings. The summed E-state index contributed by atoms with van der Waals surface area (Å²) >= 11 is 0. The van der Waals surface area contributed by atoms with Crippen molar-refractivity contribution in [1.29, 1.82) is 0 Å². The third-order valence-corrected chi connectivity index (χ3v) is 6.09. The van der Waals surface area contributed by atoms with E-state index < -0.39 is 0 Å². The predicted molar refractivity (Wildman–Crippen MR) is 112 cm³/mol. The van der Waals surface area contributed by atoms with E-state index in [1.807, 2.05) is 4.81 Å². The van der Waals surface area contributed by atoms with Crippen molar-refractivity contribution in [2.24, 2.45) is 0 Å². The number of para-hydroxylation sites is 2. The molecule has 1 nitrogen and oxygen atoms in total. The first-order valence-corrected chi connectivity index (χ1v) is 9.26. The summed E-state index contributed by atoms with van der Waals surface area (Å²) in [5.74, 6) is 0. The first kappa shape index (κ1) is 14.9. The standard InChI is InChI=1S/C25H16BN/c26-27-23-15-7-5-13-21(23)25(22-14-6-8-16-24(22)27)19-11-3-1-9-17(19)18-10-2-4-12-20(18)25/h1-16H. The summed E-state index contributed by atoms with van der Waals surface area (Å²) in [7, 11) is 6.58. The first-order valence-electron chi connectivity index (χ1n) is 9.26. The monoisotopic (exact) mass is 341 g/mol. The van der Waals surface area contributed by atoms with Crippen molar-refractivity contribution in [3.05, 3.63) is 119 Å². The van der Waals surface area contributed by atoms with E-state index >= 15 is 0 Å². The van der Waals surface area contributed by atoms with Gasteiger partial charge in [0, 0.05) is 11.4 Å². The van der Waals surface area contributed by atoms with Crippen LogP contribution in [0.15, 0.2) is 97.1 Å². The molecule has 2 radical (unpaired) electrons. The number of nitrogens with zero attached hydrogens (tertiary/aromatic N) is 1. The number of hydrogen-bond acceptors (Lipinski definition) is 1. The van der Waals surface area contributed by atoms with Gasteiger partial charge in [0.2, 0.25) is 7.98 Å². The van der Waals surface area contributed by atoms with Crippen LogP contribution in [0, 0.1) is 0 Å². The highest BCUT2D eigenvalue weighted by molar-refractivity contribution is 6.24. The Labute approximate surface area is 160 Å². The molecule has 0 N–H and O–H groups in total. The van der Waals surface area contributed by atoms with Crippen molar-refractivity contribution in [2.45, 2.75) is 5.41 Å². The number of fused-ring (bicyclic) bond motifs is 9. The smallest absolute Gasteiger partial charge is 0.234 e. The van der Waals surface area contributed by atoms with Crippen molar-refractivity contribution in [1.82, 2.24) is 0 Å². The van der Waals surface area contributed by atoms with Gasteiger partial charge >= 0.3 is 0 Å². The van der Waals surface area contributed by atoms with Gasteiger partial charge in [-0.25, -0.2) is 0 Å². The van der Waals surface area contributed by atoms with Gasteiger partial charge < -0.3 is 4.81 Å². The second kappa shape index (κ2) is 5.14. The van der Waals surface area contributed by atoms with E-state index in [-0.39, 0.29) is 5.41 Å². The van der Waals surface area contributed by atoms with Crippen LogP contribution in [0.5, 0.6) is 0 Å². The van der Waals surface area contributed by atoms with Gasteiger partial charge in [0.15, 0.2) is 0 Å². The summed E-state index contributed by atoms with van der Waals surface area (Å²) in [4.78, 5) is 1.83. The molecule has 0 saturated heterocycles.